The summed E-state index contributed by atoms with van der Waals surface area (Å²) in [4.78, 5) is 21.7. The van der Waals surface area contributed by atoms with E-state index in [0.29, 0.717) is 48.0 Å². The number of carbonyl (C=O) groups excluding carboxylic acids is 1. The maximum atomic E-state index is 13.4. The molecule has 2 heterocycles. The van der Waals surface area contributed by atoms with Crippen molar-refractivity contribution < 1.29 is 23.4 Å². The number of pyridine rings is 1. The lowest BCUT2D eigenvalue weighted by atomic mass is 10.0. The van der Waals surface area contributed by atoms with Crippen LogP contribution in [0, 0.1) is 12.7 Å². The van der Waals surface area contributed by atoms with Gasteiger partial charge in [-0.3, -0.25) is 9.69 Å². The second-order valence-corrected chi connectivity index (χ2v) is 14.0. The van der Waals surface area contributed by atoms with Gasteiger partial charge >= 0.3 is 0 Å². The van der Waals surface area contributed by atoms with Crippen LogP contribution < -0.4 is 14.2 Å². The maximum Gasteiger partial charge on any atom is 0.246 e. The van der Waals surface area contributed by atoms with Crippen molar-refractivity contribution in [2.75, 3.05) is 32.8 Å². The number of halogens is 3. The minimum Gasteiger partial charge on any atom is -0.493 e. The predicted octanol–water partition coefficient (Wildman–Crippen LogP) is 10.1. The first-order valence-electron chi connectivity index (χ1n) is 18.0. The Morgan fingerprint density at radius 2 is 1.59 bits per heavy atom. The highest BCUT2D eigenvalue weighted by Gasteiger charge is 2.20. The summed E-state index contributed by atoms with van der Waals surface area (Å²) in [6, 6.07) is 30.5. The Labute approximate surface area is 328 Å². The summed E-state index contributed by atoms with van der Waals surface area (Å²) in [5, 5.41) is 0.410. The van der Waals surface area contributed by atoms with Crippen molar-refractivity contribution in [2.24, 2.45) is 0 Å². The minimum absolute atomic E-state index is 0. The van der Waals surface area contributed by atoms with E-state index in [9.17, 15) is 9.18 Å². The summed E-state index contributed by atoms with van der Waals surface area (Å²) in [5.41, 5.74) is 6.16. The Bertz CT molecular complexity index is 1970. The van der Waals surface area contributed by atoms with E-state index in [4.69, 9.17) is 25.8 Å². The number of amides is 1. The molecule has 1 amide bonds. The molecule has 0 aliphatic carbocycles. The highest BCUT2D eigenvalue weighted by Crippen LogP contribution is 2.34. The molecule has 1 aliphatic rings. The van der Waals surface area contributed by atoms with E-state index in [2.05, 4.69) is 60.1 Å². The Morgan fingerprint density at radius 3 is 2.26 bits per heavy atom. The summed E-state index contributed by atoms with van der Waals surface area (Å²) in [5.74, 6) is 2.46. The molecule has 0 saturated carbocycles. The molecule has 1 aromatic heterocycles. The highest BCUT2D eigenvalue weighted by molar-refractivity contribution is 6.32. The lowest BCUT2D eigenvalue weighted by Gasteiger charge is -2.34. The van der Waals surface area contributed by atoms with Crippen molar-refractivity contribution in [3.8, 4) is 23.1 Å². The lowest BCUT2D eigenvalue weighted by molar-refractivity contribution is -0.127. The first-order chi connectivity index (χ1) is 25.7. The van der Waals surface area contributed by atoms with Gasteiger partial charge in [0.2, 0.25) is 11.8 Å². The van der Waals surface area contributed by atoms with E-state index in [0.717, 1.165) is 48.5 Å². The van der Waals surface area contributed by atoms with Crippen molar-refractivity contribution >= 4 is 36.0 Å². The molecule has 4 aromatic carbocycles. The Balaban J connectivity index is 0.00000561. The summed E-state index contributed by atoms with van der Waals surface area (Å²) in [7, 11) is 0. The van der Waals surface area contributed by atoms with Crippen LogP contribution in [0.25, 0.3) is 6.08 Å². The molecule has 1 fully saturated rings. The second-order valence-electron chi connectivity index (χ2n) is 13.6. The van der Waals surface area contributed by atoms with Gasteiger partial charge in [0, 0.05) is 51.3 Å². The van der Waals surface area contributed by atoms with Crippen LogP contribution in [0.1, 0.15) is 53.1 Å². The van der Waals surface area contributed by atoms with Crippen LogP contribution >= 0.6 is 24.0 Å². The average Bonchev–Trinajstić information content (AvgIpc) is 3.16. The lowest BCUT2D eigenvalue weighted by Crippen LogP contribution is -2.47. The fourth-order valence-corrected chi connectivity index (χ4v) is 6.41. The molecule has 0 radical (unpaired) electrons. The standard InChI is InChI=1S/C44H45ClFN3O4.ClH/c1-31(2)37-12-14-39(15-13-37)51-24-19-33-7-9-34(10-8-33)29-48-20-22-49(23-21-48)43(50)18-11-35-25-32(3)44(41(45)27-35)53-42-17-16-40(28-47-42)52-30-36-5-4-6-38(46)26-36;/h4-18,25-28,31H,19-24,29-30H2,1-3H3;1H. The molecule has 0 N–H and O–H groups in total. The number of ether oxygens (including phenoxy) is 3. The molecule has 0 unspecified atom stereocenters. The minimum atomic E-state index is -0.307. The number of rotatable bonds is 14. The van der Waals surface area contributed by atoms with Gasteiger partial charge in [0.25, 0.3) is 0 Å². The SMILES string of the molecule is Cc1cc(C=CC(=O)N2CCN(Cc3ccc(CCOc4ccc(C(C)C)cc4)cc3)CC2)cc(Cl)c1Oc1ccc(OCc2cccc(F)c2)cn1.Cl. The number of hydrogen-bond acceptors (Lipinski definition) is 6. The van der Waals surface area contributed by atoms with Gasteiger partial charge in [-0.25, -0.2) is 9.37 Å². The first kappa shape index (κ1) is 40.3. The average molecular weight is 771 g/mol. The number of aromatic nitrogens is 1. The van der Waals surface area contributed by atoms with Gasteiger partial charge in [0.1, 0.15) is 23.9 Å². The first-order valence-corrected chi connectivity index (χ1v) is 18.4. The van der Waals surface area contributed by atoms with Gasteiger partial charge in [-0.2, -0.15) is 0 Å². The van der Waals surface area contributed by atoms with E-state index in [-0.39, 0.29) is 30.7 Å². The van der Waals surface area contributed by atoms with Crippen molar-refractivity contribution in [1.82, 2.24) is 14.8 Å². The van der Waals surface area contributed by atoms with Gasteiger partial charge in [0.05, 0.1) is 17.8 Å². The van der Waals surface area contributed by atoms with Crippen molar-refractivity contribution in [1.29, 1.82) is 0 Å². The van der Waals surface area contributed by atoms with Gasteiger partial charge in [-0.1, -0.05) is 74.0 Å². The Hall–Kier alpha value is -4.89. The van der Waals surface area contributed by atoms with Crippen molar-refractivity contribution in [3.63, 3.8) is 0 Å². The molecule has 5 aromatic rings. The summed E-state index contributed by atoms with van der Waals surface area (Å²) in [6.07, 6.45) is 5.79. The summed E-state index contributed by atoms with van der Waals surface area (Å²) in [6.45, 7) is 11.0. The third-order valence-electron chi connectivity index (χ3n) is 9.20. The smallest absolute Gasteiger partial charge is 0.246 e. The molecular formula is C44H46Cl2FN3O4. The zero-order chi connectivity index (χ0) is 37.2. The molecule has 10 heteroatoms. The Morgan fingerprint density at radius 1 is 0.870 bits per heavy atom. The molecular weight excluding hydrogens is 724 g/mol. The van der Waals surface area contributed by atoms with E-state index < -0.39 is 0 Å². The number of hydrogen-bond donors (Lipinski definition) is 0. The fraction of sp³-hybridized carbons (Fsp3) is 0.273. The summed E-state index contributed by atoms with van der Waals surface area (Å²) < 4.78 is 31.1. The number of carbonyl (C=O) groups is 1. The van der Waals surface area contributed by atoms with Crippen LogP contribution in [0.2, 0.25) is 5.02 Å². The molecule has 282 valence electrons. The van der Waals surface area contributed by atoms with Crippen LogP contribution in [0.5, 0.6) is 23.1 Å². The molecule has 1 saturated heterocycles. The molecule has 7 nitrogen and oxygen atoms in total. The third kappa shape index (κ3) is 11.6. The third-order valence-corrected chi connectivity index (χ3v) is 9.48. The number of benzene rings is 4. The molecule has 0 atom stereocenters. The monoisotopic (exact) mass is 769 g/mol. The summed E-state index contributed by atoms with van der Waals surface area (Å²) >= 11 is 6.61. The largest absolute Gasteiger partial charge is 0.493 e. The van der Waals surface area contributed by atoms with Crippen LogP contribution in [0.15, 0.2) is 109 Å². The quantitative estimate of drug-likeness (QED) is 0.105. The molecule has 0 bridgehead atoms. The Kier molecular flexibility index (Phi) is 14.5. The maximum absolute atomic E-state index is 13.4. The topological polar surface area (TPSA) is 64.1 Å². The zero-order valence-electron chi connectivity index (χ0n) is 30.8. The molecule has 1 aliphatic heterocycles. The van der Waals surface area contributed by atoms with E-state index in [1.807, 2.05) is 30.0 Å². The molecule has 0 spiro atoms. The molecule has 54 heavy (non-hydrogen) atoms. The van der Waals surface area contributed by atoms with Crippen molar-refractivity contribution in [2.45, 2.75) is 46.3 Å². The van der Waals surface area contributed by atoms with Crippen LogP contribution in [0.3, 0.4) is 0 Å². The van der Waals surface area contributed by atoms with Crippen molar-refractivity contribution in [3.05, 3.63) is 154 Å². The number of aryl methyl sites for hydroxylation is 1. The normalized spacial score (nSPS) is 13.2. The molecule has 6 rings (SSSR count). The van der Waals surface area contributed by atoms with E-state index in [1.54, 1.807) is 48.7 Å². The van der Waals surface area contributed by atoms with Gasteiger partial charge in [0.15, 0.2) is 5.75 Å². The van der Waals surface area contributed by atoms with E-state index in [1.165, 1.54) is 28.8 Å². The fourth-order valence-electron chi connectivity index (χ4n) is 6.10. The zero-order valence-corrected chi connectivity index (χ0v) is 32.4. The van der Waals surface area contributed by atoms with E-state index >= 15 is 0 Å². The van der Waals surface area contributed by atoms with Crippen LogP contribution in [0.4, 0.5) is 4.39 Å². The van der Waals surface area contributed by atoms with Crippen LogP contribution in [-0.2, 0) is 24.4 Å². The number of piperazine rings is 1. The highest BCUT2D eigenvalue weighted by atomic mass is 35.5. The number of nitrogens with zero attached hydrogens (tertiary/aromatic N) is 3. The second kappa shape index (κ2) is 19.4. The van der Waals surface area contributed by atoms with Gasteiger partial charge < -0.3 is 19.1 Å². The predicted molar refractivity (Wildman–Crippen MR) is 216 cm³/mol. The van der Waals surface area contributed by atoms with Gasteiger partial charge in [-0.05, 0) is 94.8 Å². The van der Waals surface area contributed by atoms with Crippen LogP contribution in [-0.4, -0.2) is 53.5 Å². The van der Waals surface area contributed by atoms with Gasteiger partial charge in [-0.15, -0.1) is 12.4 Å².